The van der Waals surface area contributed by atoms with Gasteiger partial charge in [0.25, 0.3) is 5.56 Å². The molecular weight excluding hydrogens is 204 g/mol. The number of aromatic nitrogens is 3. The first kappa shape index (κ1) is 10.5. The maximum atomic E-state index is 11.6. The average Bonchev–Trinajstić information content (AvgIpc) is 2.33. The van der Waals surface area contributed by atoms with Crippen LogP contribution in [-0.2, 0) is 6.42 Å². The zero-order chi connectivity index (χ0) is 11.4. The van der Waals surface area contributed by atoms with Crippen molar-refractivity contribution in [2.24, 2.45) is 5.73 Å². The molecule has 0 unspecified atom stereocenters. The highest BCUT2D eigenvalue weighted by molar-refractivity contribution is 5.53. The SMILES string of the molecule is NCCc1cnc(-c2ccncc2)[nH]c1=O. The maximum Gasteiger partial charge on any atom is 0.254 e. The van der Waals surface area contributed by atoms with Crippen molar-refractivity contribution in [3.05, 3.63) is 46.6 Å². The standard InChI is InChI=1S/C11H12N4O/c12-4-1-9-7-14-10(15-11(9)16)8-2-5-13-6-3-8/h2-3,5-7H,1,4,12H2,(H,14,15,16). The van der Waals surface area contributed by atoms with E-state index in [0.717, 1.165) is 5.56 Å². The summed E-state index contributed by atoms with van der Waals surface area (Å²) in [6.07, 6.45) is 5.42. The fraction of sp³-hybridized carbons (Fsp3) is 0.182. The van der Waals surface area contributed by atoms with Crippen LogP contribution in [-0.4, -0.2) is 21.5 Å². The Labute approximate surface area is 92.4 Å². The van der Waals surface area contributed by atoms with E-state index in [4.69, 9.17) is 5.73 Å². The molecular formula is C11H12N4O. The van der Waals surface area contributed by atoms with Crippen molar-refractivity contribution in [3.63, 3.8) is 0 Å². The fourth-order valence-corrected chi connectivity index (χ4v) is 1.41. The predicted octanol–water partition coefficient (Wildman–Crippen LogP) is 0.333. The number of H-pyrrole nitrogens is 1. The molecule has 0 aliphatic carbocycles. The molecule has 5 nitrogen and oxygen atoms in total. The molecule has 0 amide bonds. The van der Waals surface area contributed by atoms with Gasteiger partial charge in [-0.2, -0.15) is 0 Å². The molecule has 2 aromatic heterocycles. The van der Waals surface area contributed by atoms with Gasteiger partial charge in [-0.25, -0.2) is 4.98 Å². The maximum absolute atomic E-state index is 11.6. The number of nitrogens with one attached hydrogen (secondary N) is 1. The van der Waals surface area contributed by atoms with Crippen molar-refractivity contribution < 1.29 is 0 Å². The van der Waals surface area contributed by atoms with Gasteiger partial charge in [0.2, 0.25) is 0 Å². The molecule has 0 aliphatic rings. The number of pyridine rings is 1. The summed E-state index contributed by atoms with van der Waals surface area (Å²) < 4.78 is 0. The average molecular weight is 216 g/mol. The summed E-state index contributed by atoms with van der Waals surface area (Å²) in [4.78, 5) is 22.5. The van der Waals surface area contributed by atoms with Crippen molar-refractivity contribution in [2.75, 3.05) is 6.54 Å². The normalized spacial score (nSPS) is 10.3. The van der Waals surface area contributed by atoms with Crippen LogP contribution in [0.1, 0.15) is 5.56 Å². The molecule has 3 N–H and O–H groups in total. The molecule has 0 spiro atoms. The number of hydrogen-bond acceptors (Lipinski definition) is 4. The highest BCUT2D eigenvalue weighted by Gasteiger charge is 2.03. The third kappa shape index (κ3) is 2.14. The van der Waals surface area contributed by atoms with Crippen LogP contribution >= 0.6 is 0 Å². The lowest BCUT2D eigenvalue weighted by Gasteiger charge is -2.01. The second kappa shape index (κ2) is 4.67. The van der Waals surface area contributed by atoms with Gasteiger partial charge in [-0.05, 0) is 25.1 Å². The molecule has 2 aromatic rings. The molecule has 0 aliphatic heterocycles. The Balaban J connectivity index is 2.39. The van der Waals surface area contributed by atoms with Crippen LogP contribution in [0.15, 0.2) is 35.5 Å². The van der Waals surface area contributed by atoms with Gasteiger partial charge >= 0.3 is 0 Å². The third-order valence-corrected chi connectivity index (χ3v) is 2.24. The van der Waals surface area contributed by atoms with Crippen LogP contribution in [0.3, 0.4) is 0 Å². The van der Waals surface area contributed by atoms with Gasteiger partial charge in [0, 0.05) is 29.7 Å². The van der Waals surface area contributed by atoms with Gasteiger partial charge in [-0.15, -0.1) is 0 Å². The number of aromatic amines is 1. The first-order valence-electron chi connectivity index (χ1n) is 5.00. The monoisotopic (exact) mass is 216 g/mol. The van der Waals surface area contributed by atoms with Crippen molar-refractivity contribution in [1.82, 2.24) is 15.0 Å². The van der Waals surface area contributed by atoms with Crippen molar-refractivity contribution in [1.29, 1.82) is 0 Å². The van der Waals surface area contributed by atoms with E-state index in [1.165, 1.54) is 0 Å². The van der Waals surface area contributed by atoms with Crippen molar-refractivity contribution >= 4 is 0 Å². The van der Waals surface area contributed by atoms with Crippen molar-refractivity contribution in [2.45, 2.75) is 6.42 Å². The number of nitrogens with zero attached hydrogens (tertiary/aromatic N) is 2. The van der Waals surface area contributed by atoms with Gasteiger partial charge < -0.3 is 10.7 Å². The fourth-order valence-electron chi connectivity index (χ4n) is 1.41. The summed E-state index contributed by atoms with van der Waals surface area (Å²) in [7, 11) is 0. The molecule has 0 fully saturated rings. The van der Waals surface area contributed by atoms with Crippen LogP contribution in [0, 0.1) is 0 Å². The van der Waals surface area contributed by atoms with E-state index in [-0.39, 0.29) is 5.56 Å². The van der Waals surface area contributed by atoms with E-state index in [1.807, 2.05) is 0 Å². The largest absolute Gasteiger partial charge is 0.330 e. The number of rotatable bonds is 3. The lowest BCUT2D eigenvalue weighted by Crippen LogP contribution is -2.17. The highest BCUT2D eigenvalue weighted by atomic mass is 16.1. The summed E-state index contributed by atoms with van der Waals surface area (Å²) in [5.41, 5.74) is 6.71. The topological polar surface area (TPSA) is 84.7 Å². The van der Waals surface area contributed by atoms with E-state index in [2.05, 4.69) is 15.0 Å². The van der Waals surface area contributed by atoms with Gasteiger partial charge in [0.05, 0.1) is 0 Å². The van der Waals surface area contributed by atoms with Gasteiger partial charge in [0.1, 0.15) is 5.82 Å². The zero-order valence-corrected chi connectivity index (χ0v) is 8.68. The van der Waals surface area contributed by atoms with Gasteiger partial charge in [-0.3, -0.25) is 9.78 Å². The summed E-state index contributed by atoms with van der Waals surface area (Å²) in [6.45, 7) is 0.444. The van der Waals surface area contributed by atoms with Crippen LogP contribution in [0.2, 0.25) is 0 Å². The van der Waals surface area contributed by atoms with Crippen molar-refractivity contribution in [3.8, 4) is 11.4 Å². The molecule has 0 saturated heterocycles. The summed E-state index contributed by atoms with van der Waals surface area (Å²) >= 11 is 0. The Hall–Kier alpha value is -2.01. The van der Waals surface area contributed by atoms with Gasteiger partial charge in [-0.1, -0.05) is 0 Å². The summed E-state index contributed by atoms with van der Waals surface area (Å²) in [6, 6.07) is 3.59. The van der Waals surface area contributed by atoms with Crippen LogP contribution in [0.4, 0.5) is 0 Å². The summed E-state index contributed by atoms with van der Waals surface area (Å²) in [5.74, 6) is 0.549. The summed E-state index contributed by atoms with van der Waals surface area (Å²) in [5, 5.41) is 0. The van der Waals surface area contributed by atoms with Gasteiger partial charge in [0.15, 0.2) is 0 Å². The molecule has 2 heterocycles. The smallest absolute Gasteiger partial charge is 0.254 e. The Morgan fingerprint density at radius 1 is 1.31 bits per heavy atom. The lowest BCUT2D eigenvalue weighted by molar-refractivity contribution is 0.924. The molecule has 82 valence electrons. The Kier molecular flexibility index (Phi) is 3.07. The molecule has 0 saturated carbocycles. The first-order chi connectivity index (χ1) is 7.81. The third-order valence-electron chi connectivity index (χ3n) is 2.24. The molecule has 16 heavy (non-hydrogen) atoms. The minimum absolute atomic E-state index is 0.132. The molecule has 0 aromatic carbocycles. The van der Waals surface area contributed by atoms with Crippen LogP contribution in [0.25, 0.3) is 11.4 Å². The molecule has 0 atom stereocenters. The Morgan fingerprint density at radius 2 is 2.06 bits per heavy atom. The lowest BCUT2D eigenvalue weighted by atomic mass is 10.2. The van der Waals surface area contributed by atoms with Crippen LogP contribution in [0.5, 0.6) is 0 Å². The molecule has 0 radical (unpaired) electrons. The molecule has 0 bridgehead atoms. The first-order valence-corrected chi connectivity index (χ1v) is 5.00. The minimum atomic E-state index is -0.132. The number of nitrogens with two attached hydrogens (primary N) is 1. The minimum Gasteiger partial charge on any atom is -0.330 e. The van der Waals surface area contributed by atoms with E-state index in [9.17, 15) is 4.79 Å². The predicted molar refractivity (Wildman–Crippen MR) is 60.8 cm³/mol. The highest BCUT2D eigenvalue weighted by Crippen LogP contribution is 2.10. The molecule has 2 rings (SSSR count). The Bertz CT molecular complexity index is 521. The molecule has 5 heteroatoms. The quantitative estimate of drug-likeness (QED) is 0.774. The van der Waals surface area contributed by atoms with Crippen LogP contribution < -0.4 is 11.3 Å². The Morgan fingerprint density at radius 3 is 2.69 bits per heavy atom. The van der Waals surface area contributed by atoms with E-state index >= 15 is 0 Å². The van der Waals surface area contributed by atoms with E-state index < -0.39 is 0 Å². The second-order valence-electron chi connectivity index (χ2n) is 3.36. The number of hydrogen-bond donors (Lipinski definition) is 2. The zero-order valence-electron chi connectivity index (χ0n) is 8.68. The van der Waals surface area contributed by atoms with E-state index in [1.54, 1.807) is 30.7 Å². The second-order valence-corrected chi connectivity index (χ2v) is 3.36. The van der Waals surface area contributed by atoms with E-state index in [0.29, 0.717) is 24.4 Å².